The normalized spacial score (nSPS) is 12.5. The molecular weight excluding hydrogens is 538 g/mol. The van der Waals surface area contributed by atoms with Crippen molar-refractivity contribution in [1.29, 1.82) is 0 Å². The summed E-state index contributed by atoms with van der Waals surface area (Å²) in [5.41, 5.74) is 8.46. The Balaban J connectivity index is 1.20. The molecular formula is C40H21N3O. The third-order valence-electron chi connectivity index (χ3n) is 9.53. The lowest BCUT2D eigenvalue weighted by Gasteiger charge is -2.14. The molecule has 0 saturated carbocycles. The van der Waals surface area contributed by atoms with Crippen molar-refractivity contribution in [3.63, 3.8) is 0 Å². The quantitative estimate of drug-likeness (QED) is 0.198. The number of aromatic nitrogens is 3. The molecule has 0 N–H and O–H groups in total. The van der Waals surface area contributed by atoms with E-state index in [0.717, 1.165) is 33.3 Å². The zero-order valence-electron chi connectivity index (χ0n) is 23.4. The molecule has 0 saturated heterocycles. The molecule has 1 aliphatic rings. The Bertz CT molecular complexity index is 2850. The lowest BCUT2D eigenvalue weighted by Crippen LogP contribution is -1.95. The molecule has 10 aromatic rings. The molecule has 1 aliphatic carbocycles. The van der Waals surface area contributed by atoms with E-state index in [1.54, 1.807) is 0 Å². The average molecular weight is 560 g/mol. The van der Waals surface area contributed by atoms with Crippen LogP contribution in [0, 0.1) is 0 Å². The number of hydrogen-bond acceptors (Lipinski definition) is 3. The zero-order chi connectivity index (χ0) is 28.5. The molecule has 202 valence electrons. The molecule has 4 heteroatoms. The Kier molecular flexibility index (Phi) is 4.04. The van der Waals surface area contributed by atoms with Crippen LogP contribution in [0.1, 0.15) is 0 Å². The van der Waals surface area contributed by atoms with Crippen LogP contribution in [0.3, 0.4) is 0 Å². The van der Waals surface area contributed by atoms with E-state index in [9.17, 15) is 0 Å². The summed E-state index contributed by atoms with van der Waals surface area (Å²) >= 11 is 0. The summed E-state index contributed by atoms with van der Waals surface area (Å²) in [5.74, 6) is 0.537. The molecule has 0 fully saturated rings. The first-order valence-electron chi connectivity index (χ1n) is 14.9. The summed E-state index contributed by atoms with van der Waals surface area (Å²) in [7, 11) is 0. The third kappa shape index (κ3) is 2.78. The number of hydrogen-bond donors (Lipinski definition) is 0. The molecule has 3 heterocycles. The monoisotopic (exact) mass is 559 g/mol. The van der Waals surface area contributed by atoms with Crippen molar-refractivity contribution < 1.29 is 4.42 Å². The zero-order valence-corrected chi connectivity index (χ0v) is 23.4. The van der Waals surface area contributed by atoms with E-state index in [1.165, 1.54) is 65.3 Å². The smallest absolute Gasteiger partial charge is 0.246 e. The summed E-state index contributed by atoms with van der Waals surface area (Å²) in [5, 5.41) is 12.7. The van der Waals surface area contributed by atoms with Crippen LogP contribution in [0.4, 0.5) is 0 Å². The van der Waals surface area contributed by atoms with Gasteiger partial charge in [0.05, 0.1) is 11.0 Å². The molecule has 0 amide bonds. The van der Waals surface area contributed by atoms with E-state index in [-0.39, 0.29) is 0 Å². The van der Waals surface area contributed by atoms with Gasteiger partial charge >= 0.3 is 0 Å². The van der Waals surface area contributed by atoms with Gasteiger partial charge in [0.1, 0.15) is 11.2 Å². The highest BCUT2D eigenvalue weighted by Crippen LogP contribution is 2.49. The number of nitrogens with zero attached hydrogens (tertiary/aromatic N) is 3. The van der Waals surface area contributed by atoms with Crippen molar-refractivity contribution in [3.05, 3.63) is 128 Å². The van der Waals surface area contributed by atoms with Gasteiger partial charge in [-0.1, -0.05) is 78.9 Å². The number of pyridine rings is 1. The third-order valence-corrected chi connectivity index (χ3v) is 9.53. The molecule has 7 aromatic carbocycles. The van der Waals surface area contributed by atoms with E-state index < -0.39 is 0 Å². The van der Waals surface area contributed by atoms with Crippen LogP contribution >= 0.6 is 0 Å². The summed E-state index contributed by atoms with van der Waals surface area (Å²) in [6, 6.07) is 43.7. The Morgan fingerprint density at radius 3 is 2.07 bits per heavy atom. The number of fused-ring (bicyclic) bond motifs is 3. The molecule has 0 bridgehead atoms. The number of rotatable bonds is 2. The first-order valence-corrected chi connectivity index (χ1v) is 14.9. The predicted molar refractivity (Wildman–Crippen MR) is 181 cm³/mol. The molecule has 0 aliphatic heterocycles. The Morgan fingerprint density at radius 2 is 1.20 bits per heavy atom. The maximum absolute atomic E-state index is 6.01. The van der Waals surface area contributed by atoms with E-state index in [2.05, 4.69) is 107 Å². The van der Waals surface area contributed by atoms with Crippen molar-refractivity contribution in [2.45, 2.75) is 0 Å². The SMILES string of the molecule is c1cc2c3c(c1)ccc1ccc4ccc5c(c6c-2cccc6n5-c2ccc5cc(-c6nc7ccccc7o6)ncc5c2)c4c13. The lowest BCUT2D eigenvalue weighted by molar-refractivity contribution is 0.617. The predicted octanol–water partition coefficient (Wildman–Crippen LogP) is 10.6. The van der Waals surface area contributed by atoms with Crippen molar-refractivity contribution in [3.8, 4) is 28.4 Å². The summed E-state index contributed by atoms with van der Waals surface area (Å²) < 4.78 is 8.43. The Labute approximate surface area is 250 Å². The van der Waals surface area contributed by atoms with Crippen LogP contribution in [-0.4, -0.2) is 14.5 Å². The average Bonchev–Trinajstić information content (AvgIpc) is 3.63. The van der Waals surface area contributed by atoms with Crippen LogP contribution in [0.15, 0.2) is 132 Å². The number of oxazole rings is 1. The standard InChI is InChI=1S/C40H21N3O/c1-2-10-34-30(8-1)42-40(44-34)31-20-25-15-17-27(19-26(25)21-41-31)43-32-9-4-7-29-28-6-3-5-22-11-12-23-13-14-24-16-18-33(43)39(38(29)32)37(24)36(23)35(22)28/h1-21H. The Morgan fingerprint density at radius 1 is 0.500 bits per heavy atom. The van der Waals surface area contributed by atoms with E-state index in [1.807, 2.05) is 30.5 Å². The molecule has 11 rings (SSSR count). The maximum atomic E-state index is 6.01. The van der Waals surface area contributed by atoms with E-state index in [4.69, 9.17) is 9.40 Å². The minimum atomic E-state index is 0.537. The highest BCUT2D eigenvalue weighted by atomic mass is 16.3. The molecule has 44 heavy (non-hydrogen) atoms. The van der Waals surface area contributed by atoms with Gasteiger partial charge < -0.3 is 8.98 Å². The number of benzene rings is 7. The largest absolute Gasteiger partial charge is 0.435 e. The van der Waals surface area contributed by atoms with Gasteiger partial charge in [0.2, 0.25) is 5.89 Å². The van der Waals surface area contributed by atoms with Gasteiger partial charge in [-0.25, -0.2) is 4.98 Å². The van der Waals surface area contributed by atoms with Gasteiger partial charge in [0.15, 0.2) is 5.58 Å². The fourth-order valence-corrected chi connectivity index (χ4v) is 7.65. The van der Waals surface area contributed by atoms with Crippen LogP contribution in [-0.2, 0) is 0 Å². The van der Waals surface area contributed by atoms with Crippen LogP contribution in [0.2, 0.25) is 0 Å². The molecule has 0 spiro atoms. The second-order valence-electron chi connectivity index (χ2n) is 11.8. The molecule has 4 nitrogen and oxygen atoms in total. The topological polar surface area (TPSA) is 43.9 Å². The van der Waals surface area contributed by atoms with Crippen LogP contribution < -0.4 is 0 Å². The second kappa shape index (κ2) is 7.88. The summed E-state index contributed by atoms with van der Waals surface area (Å²) in [4.78, 5) is 9.43. The van der Waals surface area contributed by atoms with Crippen molar-refractivity contribution >= 4 is 76.0 Å². The molecule has 0 radical (unpaired) electrons. The van der Waals surface area contributed by atoms with Crippen molar-refractivity contribution in [2.75, 3.05) is 0 Å². The minimum absolute atomic E-state index is 0.537. The van der Waals surface area contributed by atoms with E-state index in [0.29, 0.717) is 5.89 Å². The fourth-order valence-electron chi connectivity index (χ4n) is 7.65. The first kappa shape index (κ1) is 22.6. The summed E-state index contributed by atoms with van der Waals surface area (Å²) in [6.45, 7) is 0. The van der Waals surface area contributed by atoms with Gasteiger partial charge in [0, 0.05) is 33.4 Å². The first-order chi connectivity index (χ1) is 21.8. The lowest BCUT2D eigenvalue weighted by atomic mass is 9.93. The highest BCUT2D eigenvalue weighted by molar-refractivity contribution is 6.38. The van der Waals surface area contributed by atoms with Gasteiger partial charge in [-0.2, -0.15) is 0 Å². The van der Waals surface area contributed by atoms with Gasteiger partial charge in [-0.15, -0.1) is 0 Å². The fraction of sp³-hybridized carbons (Fsp3) is 0. The molecule has 0 atom stereocenters. The van der Waals surface area contributed by atoms with Gasteiger partial charge in [-0.3, -0.25) is 4.98 Å². The second-order valence-corrected chi connectivity index (χ2v) is 11.8. The minimum Gasteiger partial charge on any atom is -0.435 e. The Hall–Kier alpha value is -6.00. The van der Waals surface area contributed by atoms with Crippen LogP contribution in [0.5, 0.6) is 0 Å². The van der Waals surface area contributed by atoms with Crippen molar-refractivity contribution in [2.24, 2.45) is 0 Å². The molecule has 3 aromatic heterocycles. The highest BCUT2D eigenvalue weighted by Gasteiger charge is 2.24. The van der Waals surface area contributed by atoms with Gasteiger partial charge in [-0.05, 0) is 85.9 Å². The molecule has 0 unspecified atom stereocenters. The van der Waals surface area contributed by atoms with E-state index >= 15 is 0 Å². The van der Waals surface area contributed by atoms with Gasteiger partial charge in [0.25, 0.3) is 0 Å². The maximum Gasteiger partial charge on any atom is 0.246 e. The van der Waals surface area contributed by atoms with Crippen molar-refractivity contribution in [1.82, 2.24) is 14.5 Å². The summed E-state index contributed by atoms with van der Waals surface area (Å²) in [6.07, 6.45) is 1.93. The number of para-hydroxylation sites is 2. The van der Waals surface area contributed by atoms with Crippen LogP contribution in [0.25, 0.3) is 104 Å².